The summed E-state index contributed by atoms with van der Waals surface area (Å²) in [6.07, 6.45) is 0. The van der Waals surface area contributed by atoms with Crippen LogP contribution in [0.15, 0.2) is 22.2 Å². The lowest BCUT2D eigenvalue weighted by Gasteiger charge is -2.09. The summed E-state index contributed by atoms with van der Waals surface area (Å²) in [6, 6.07) is 3.74. The van der Waals surface area contributed by atoms with Crippen LogP contribution in [0.1, 0.15) is 22.5 Å². The summed E-state index contributed by atoms with van der Waals surface area (Å²) in [7, 11) is 0. The first-order valence-corrected chi connectivity index (χ1v) is 7.13. The topological polar surface area (TPSA) is 51.8 Å². The number of nitrogens with two attached hydrogens (primary N) is 1. The van der Waals surface area contributed by atoms with E-state index in [1.165, 1.54) is 11.8 Å². The SMILES string of the molecule is Cc1cc(N)c(Cl)cc1Sc1nc(C)c(C)c(C)n1. The lowest BCUT2D eigenvalue weighted by Crippen LogP contribution is -1.98. The number of anilines is 1. The molecule has 2 aromatic rings. The van der Waals surface area contributed by atoms with Gasteiger partial charge in [0.1, 0.15) is 0 Å². The molecular formula is C14H16ClN3S. The van der Waals surface area contributed by atoms with Gasteiger partial charge in [-0.15, -0.1) is 0 Å². The number of aryl methyl sites for hydroxylation is 3. The van der Waals surface area contributed by atoms with E-state index < -0.39 is 0 Å². The van der Waals surface area contributed by atoms with Crippen LogP contribution in [0.3, 0.4) is 0 Å². The molecule has 0 atom stereocenters. The van der Waals surface area contributed by atoms with Crippen molar-refractivity contribution >= 4 is 29.1 Å². The molecule has 2 rings (SSSR count). The zero-order chi connectivity index (χ0) is 14.2. The van der Waals surface area contributed by atoms with E-state index in [0.29, 0.717) is 10.7 Å². The Morgan fingerprint density at radius 2 is 1.63 bits per heavy atom. The van der Waals surface area contributed by atoms with E-state index in [1.807, 2.05) is 39.8 Å². The fourth-order valence-corrected chi connectivity index (χ4v) is 2.87. The van der Waals surface area contributed by atoms with Gasteiger partial charge in [-0.05, 0) is 62.7 Å². The van der Waals surface area contributed by atoms with Gasteiger partial charge in [0.25, 0.3) is 0 Å². The maximum Gasteiger partial charge on any atom is 0.192 e. The molecule has 0 amide bonds. The molecule has 100 valence electrons. The predicted molar refractivity (Wildman–Crippen MR) is 81.0 cm³/mol. The van der Waals surface area contributed by atoms with E-state index in [-0.39, 0.29) is 0 Å². The molecule has 19 heavy (non-hydrogen) atoms. The third-order valence-electron chi connectivity index (χ3n) is 3.11. The van der Waals surface area contributed by atoms with E-state index in [4.69, 9.17) is 17.3 Å². The Hall–Kier alpha value is -1.26. The molecule has 1 heterocycles. The number of aromatic nitrogens is 2. The predicted octanol–water partition coefficient (Wildman–Crippen LogP) is 4.10. The summed E-state index contributed by atoms with van der Waals surface area (Å²) < 4.78 is 0. The summed E-state index contributed by atoms with van der Waals surface area (Å²) in [6.45, 7) is 8.03. The van der Waals surface area contributed by atoms with Gasteiger partial charge in [-0.3, -0.25) is 0 Å². The van der Waals surface area contributed by atoms with E-state index in [2.05, 4.69) is 9.97 Å². The Morgan fingerprint density at radius 3 is 2.21 bits per heavy atom. The minimum atomic E-state index is 0.564. The second kappa shape index (κ2) is 5.39. The minimum Gasteiger partial charge on any atom is -0.398 e. The zero-order valence-corrected chi connectivity index (χ0v) is 13.0. The van der Waals surface area contributed by atoms with Crippen molar-refractivity contribution in [3.05, 3.63) is 39.7 Å². The molecule has 3 nitrogen and oxygen atoms in total. The third-order valence-corrected chi connectivity index (χ3v) is 4.46. The smallest absolute Gasteiger partial charge is 0.192 e. The Balaban J connectivity index is 2.39. The van der Waals surface area contributed by atoms with Crippen molar-refractivity contribution in [1.29, 1.82) is 0 Å². The van der Waals surface area contributed by atoms with Gasteiger partial charge in [-0.1, -0.05) is 11.6 Å². The van der Waals surface area contributed by atoms with Crippen LogP contribution in [-0.2, 0) is 0 Å². The number of benzene rings is 1. The minimum absolute atomic E-state index is 0.564. The van der Waals surface area contributed by atoms with E-state index in [9.17, 15) is 0 Å². The molecular weight excluding hydrogens is 278 g/mol. The molecule has 0 saturated heterocycles. The summed E-state index contributed by atoms with van der Waals surface area (Å²) in [5, 5.41) is 1.30. The zero-order valence-electron chi connectivity index (χ0n) is 11.4. The fraction of sp³-hybridized carbons (Fsp3) is 0.286. The number of rotatable bonds is 2. The Bertz CT molecular complexity index is 618. The molecule has 0 aliphatic rings. The highest BCUT2D eigenvalue weighted by Crippen LogP contribution is 2.33. The quantitative estimate of drug-likeness (QED) is 0.669. The summed E-state index contributed by atoms with van der Waals surface area (Å²) in [5.74, 6) is 0. The standard InChI is InChI=1S/C14H16ClN3S/c1-7-5-12(16)11(15)6-13(7)19-14-17-9(3)8(2)10(4)18-14/h5-6H,16H2,1-4H3. The van der Waals surface area contributed by atoms with Crippen LogP contribution < -0.4 is 5.73 Å². The Kier molecular flexibility index (Phi) is 4.02. The maximum atomic E-state index is 6.06. The first-order valence-electron chi connectivity index (χ1n) is 5.94. The molecule has 0 unspecified atom stereocenters. The molecule has 0 aliphatic carbocycles. The molecule has 1 aromatic heterocycles. The third kappa shape index (κ3) is 3.01. The van der Waals surface area contributed by atoms with Crippen LogP contribution >= 0.6 is 23.4 Å². The molecule has 0 aliphatic heterocycles. The van der Waals surface area contributed by atoms with Gasteiger partial charge in [-0.25, -0.2) is 9.97 Å². The summed E-state index contributed by atoms with van der Waals surface area (Å²) in [4.78, 5) is 10.0. The van der Waals surface area contributed by atoms with Gasteiger partial charge in [-0.2, -0.15) is 0 Å². The highest BCUT2D eigenvalue weighted by Gasteiger charge is 2.10. The largest absolute Gasteiger partial charge is 0.398 e. The lowest BCUT2D eigenvalue weighted by molar-refractivity contribution is 0.880. The van der Waals surface area contributed by atoms with Crippen molar-refractivity contribution in [3.63, 3.8) is 0 Å². The van der Waals surface area contributed by atoms with Crippen LogP contribution in [-0.4, -0.2) is 9.97 Å². The molecule has 1 aromatic carbocycles. The van der Waals surface area contributed by atoms with Crippen LogP contribution in [0.2, 0.25) is 5.02 Å². The van der Waals surface area contributed by atoms with Gasteiger partial charge in [0, 0.05) is 16.3 Å². The Morgan fingerprint density at radius 1 is 1.05 bits per heavy atom. The van der Waals surface area contributed by atoms with Crippen molar-refractivity contribution in [2.24, 2.45) is 0 Å². The molecule has 2 N–H and O–H groups in total. The van der Waals surface area contributed by atoms with Crippen molar-refractivity contribution in [3.8, 4) is 0 Å². The van der Waals surface area contributed by atoms with Crippen molar-refractivity contribution in [1.82, 2.24) is 9.97 Å². The number of nitrogen functional groups attached to an aromatic ring is 1. The van der Waals surface area contributed by atoms with Crippen molar-refractivity contribution < 1.29 is 0 Å². The second-order valence-electron chi connectivity index (χ2n) is 4.54. The second-order valence-corrected chi connectivity index (χ2v) is 5.96. The van der Waals surface area contributed by atoms with E-state index in [1.54, 1.807) is 0 Å². The molecule has 0 saturated carbocycles. The summed E-state index contributed by atoms with van der Waals surface area (Å²) >= 11 is 7.57. The lowest BCUT2D eigenvalue weighted by atomic mass is 10.2. The average molecular weight is 294 g/mol. The van der Waals surface area contributed by atoms with Gasteiger partial charge in [0.05, 0.1) is 10.7 Å². The Labute approximate surface area is 122 Å². The molecule has 0 spiro atoms. The van der Waals surface area contributed by atoms with Crippen molar-refractivity contribution in [2.45, 2.75) is 37.7 Å². The first kappa shape index (κ1) is 14.2. The molecule has 0 bridgehead atoms. The molecule has 5 heteroatoms. The average Bonchev–Trinajstić information content (AvgIpc) is 2.33. The number of hydrogen-bond donors (Lipinski definition) is 1. The summed E-state index contributed by atoms with van der Waals surface area (Å²) in [5.41, 5.74) is 10.6. The van der Waals surface area contributed by atoms with Gasteiger partial charge >= 0.3 is 0 Å². The maximum absolute atomic E-state index is 6.06. The highest BCUT2D eigenvalue weighted by atomic mass is 35.5. The monoisotopic (exact) mass is 293 g/mol. The van der Waals surface area contributed by atoms with Gasteiger partial charge < -0.3 is 5.73 Å². The number of hydrogen-bond acceptors (Lipinski definition) is 4. The van der Waals surface area contributed by atoms with Gasteiger partial charge in [0.2, 0.25) is 0 Å². The van der Waals surface area contributed by atoms with Crippen LogP contribution in [0.4, 0.5) is 5.69 Å². The van der Waals surface area contributed by atoms with Crippen LogP contribution in [0.5, 0.6) is 0 Å². The van der Waals surface area contributed by atoms with Gasteiger partial charge in [0.15, 0.2) is 5.16 Å². The van der Waals surface area contributed by atoms with Crippen molar-refractivity contribution in [2.75, 3.05) is 5.73 Å². The molecule has 0 radical (unpaired) electrons. The molecule has 0 fully saturated rings. The number of halogens is 1. The highest BCUT2D eigenvalue weighted by molar-refractivity contribution is 7.99. The normalized spacial score (nSPS) is 10.8. The van der Waals surface area contributed by atoms with Crippen LogP contribution in [0.25, 0.3) is 0 Å². The van der Waals surface area contributed by atoms with E-state index >= 15 is 0 Å². The number of nitrogens with zero attached hydrogens (tertiary/aromatic N) is 2. The van der Waals surface area contributed by atoms with E-state index in [0.717, 1.165) is 32.6 Å². The fourth-order valence-electron chi connectivity index (χ4n) is 1.68. The van der Waals surface area contributed by atoms with Crippen LogP contribution in [0, 0.1) is 27.7 Å². The first-order chi connectivity index (χ1) is 8.88.